The van der Waals surface area contributed by atoms with Gasteiger partial charge in [-0.25, -0.2) is 4.79 Å². The zero-order valence-electron chi connectivity index (χ0n) is 18.9. The average molecular weight is 467 g/mol. The minimum Gasteiger partial charge on any atom is -0.497 e. The lowest BCUT2D eigenvalue weighted by Gasteiger charge is -2.20. The molecule has 1 heterocycles. The van der Waals surface area contributed by atoms with Gasteiger partial charge >= 0.3 is 5.97 Å². The van der Waals surface area contributed by atoms with Crippen molar-refractivity contribution in [1.82, 2.24) is 5.32 Å². The molecule has 172 valence electrons. The van der Waals surface area contributed by atoms with E-state index >= 15 is 0 Å². The normalized spacial score (nSPS) is 11.4. The first kappa shape index (κ1) is 24.0. The summed E-state index contributed by atoms with van der Waals surface area (Å²) in [6.45, 7) is 4.55. The number of hydrogen-bond acceptors (Lipinski definition) is 6. The number of benzene rings is 2. The van der Waals surface area contributed by atoms with Crippen LogP contribution in [0.1, 0.15) is 44.9 Å². The standard InChI is InChI=1S/C25H26N2O5S/c1-15-16(2)33-24(26-17(3)28)22(15)25(30)32-14-21(29)27-23(18-8-6-5-7-9-18)19-10-12-20(31-4)13-11-19/h5-13,23H,14H2,1-4H3,(H,26,28)(H,27,29). The second kappa shape index (κ2) is 10.8. The van der Waals surface area contributed by atoms with Gasteiger partial charge in [-0.05, 0) is 42.7 Å². The number of ether oxygens (including phenoxy) is 2. The van der Waals surface area contributed by atoms with Crippen LogP contribution in [0, 0.1) is 13.8 Å². The minimum absolute atomic E-state index is 0.273. The lowest BCUT2D eigenvalue weighted by Crippen LogP contribution is -2.33. The molecule has 0 aliphatic heterocycles. The number of esters is 1. The van der Waals surface area contributed by atoms with Crippen molar-refractivity contribution in [3.63, 3.8) is 0 Å². The molecule has 0 aliphatic rings. The molecule has 2 N–H and O–H groups in total. The minimum atomic E-state index is -0.656. The third-order valence-corrected chi connectivity index (χ3v) is 6.22. The van der Waals surface area contributed by atoms with E-state index in [1.165, 1.54) is 18.3 Å². The fourth-order valence-electron chi connectivity index (χ4n) is 3.33. The fraction of sp³-hybridized carbons (Fsp3) is 0.240. The summed E-state index contributed by atoms with van der Waals surface area (Å²) in [5, 5.41) is 6.01. The van der Waals surface area contributed by atoms with Crippen molar-refractivity contribution in [3.05, 3.63) is 81.7 Å². The van der Waals surface area contributed by atoms with Gasteiger partial charge in [-0.3, -0.25) is 9.59 Å². The molecule has 3 aromatic rings. The molecule has 7 nitrogen and oxygen atoms in total. The Hall–Kier alpha value is -3.65. The van der Waals surface area contributed by atoms with E-state index in [-0.39, 0.29) is 11.5 Å². The van der Waals surface area contributed by atoms with Gasteiger partial charge in [-0.2, -0.15) is 0 Å². The number of aryl methyl sites for hydroxylation is 1. The maximum absolute atomic E-state index is 12.7. The molecular weight excluding hydrogens is 440 g/mol. The van der Waals surface area contributed by atoms with Crippen LogP contribution in [0.5, 0.6) is 5.75 Å². The summed E-state index contributed by atoms with van der Waals surface area (Å²) in [7, 11) is 1.59. The second-order valence-electron chi connectivity index (χ2n) is 7.43. The van der Waals surface area contributed by atoms with Gasteiger partial charge in [-0.1, -0.05) is 42.5 Å². The van der Waals surface area contributed by atoms with E-state index in [1.807, 2.05) is 61.5 Å². The van der Waals surface area contributed by atoms with E-state index in [2.05, 4.69) is 10.6 Å². The molecule has 0 fully saturated rings. The first-order valence-corrected chi connectivity index (χ1v) is 11.1. The summed E-state index contributed by atoms with van der Waals surface area (Å²) >= 11 is 1.30. The van der Waals surface area contributed by atoms with Crippen LogP contribution < -0.4 is 15.4 Å². The topological polar surface area (TPSA) is 93.7 Å². The van der Waals surface area contributed by atoms with E-state index in [0.29, 0.717) is 10.8 Å². The molecule has 2 aromatic carbocycles. The highest BCUT2D eigenvalue weighted by atomic mass is 32.1. The van der Waals surface area contributed by atoms with Crippen molar-refractivity contribution < 1.29 is 23.9 Å². The van der Waals surface area contributed by atoms with Gasteiger partial charge in [0.05, 0.1) is 18.7 Å². The summed E-state index contributed by atoms with van der Waals surface area (Å²) in [6, 6.07) is 16.5. The SMILES string of the molecule is COc1ccc(C(NC(=O)COC(=O)c2c(NC(C)=O)sc(C)c2C)c2ccccc2)cc1. The third kappa shape index (κ3) is 5.98. The number of nitrogens with one attached hydrogen (secondary N) is 2. The Labute approximate surface area is 196 Å². The van der Waals surface area contributed by atoms with Gasteiger partial charge < -0.3 is 20.1 Å². The highest BCUT2D eigenvalue weighted by molar-refractivity contribution is 7.16. The molecular formula is C25H26N2O5S. The number of thiophene rings is 1. The Balaban J connectivity index is 1.73. The zero-order chi connectivity index (χ0) is 24.0. The zero-order valence-corrected chi connectivity index (χ0v) is 19.7. The Bertz CT molecular complexity index is 1140. The Morgan fingerprint density at radius 2 is 1.61 bits per heavy atom. The predicted molar refractivity (Wildman–Crippen MR) is 128 cm³/mol. The van der Waals surface area contributed by atoms with E-state index in [0.717, 1.165) is 21.6 Å². The van der Waals surface area contributed by atoms with E-state index < -0.39 is 24.5 Å². The summed E-state index contributed by atoms with van der Waals surface area (Å²) in [4.78, 5) is 37.8. The molecule has 1 aromatic heterocycles. The molecule has 0 bridgehead atoms. The Kier molecular flexibility index (Phi) is 7.84. The predicted octanol–water partition coefficient (Wildman–Crippen LogP) is 4.39. The van der Waals surface area contributed by atoms with Crippen LogP contribution in [0.4, 0.5) is 5.00 Å². The van der Waals surface area contributed by atoms with Crippen LogP contribution in [0.2, 0.25) is 0 Å². The summed E-state index contributed by atoms with van der Waals surface area (Å²) in [5.74, 6) is -0.675. The molecule has 1 unspecified atom stereocenters. The van der Waals surface area contributed by atoms with Crippen LogP contribution in [0.25, 0.3) is 0 Å². The quantitative estimate of drug-likeness (QED) is 0.480. The molecule has 8 heteroatoms. The molecule has 0 spiro atoms. The lowest BCUT2D eigenvalue weighted by molar-refractivity contribution is -0.124. The van der Waals surface area contributed by atoms with Crippen molar-refractivity contribution >= 4 is 34.1 Å². The van der Waals surface area contributed by atoms with Crippen LogP contribution in [-0.4, -0.2) is 31.5 Å². The van der Waals surface area contributed by atoms with E-state index in [9.17, 15) is 14.4 Å². The first-order valence-electron chi connectivity index (χ1n) is 10.3. The van der Waals surface area contributed by atoms with Gasteiger partial charge in [0.1, 0.15) is 10.8 Å². The Morgan fingerprint density at radius 3 is 2.21 bits per heavy atom. The molecule has 0 saturated carbocycles. The highest BCUT2D eigenvalue weighted by Crippen LogP contribution is 2.33. The molecule has 2 amide bonds. The summed E-state index contributed by atoms with van der Waals surface area (Å²) in [5.41, 5.74) is 2.74. The van der Waals surface area contributed by atoms with Gasteiger partial charge in [0.2, 0.25) is 5.91 Å². The van der Waals surface area contributed by atoms with E-state index in [4.69, 9.17) is 9.47 Å². The maximum Gasteiger partial charge on any atom is 0.341 e. The fourth-order valence-corrected chi connectivity index (χ4v) is 4.42. The van der Waals surface area contributed by atoms with E-state index in [1.54, 1.807) is 14.0 Å². The van der Waals surface area contributed by atoms with Crippen LogP contribution in [0.15, 0.2) is 54.6 Å². The molecule has 33 heavy (non-hydrogen) atoms. The number of methoxy groups -OCH3 is 1. The molecule has 0 aliphatic carbocycles. The summed E-state index contributed by atoms with van der Waals surface area (Å²) in [6.07, 6.45) is 0. The molecule has 3 rings (SSSR count). The molecule has 1 atom stereocenters. The number of anilines is 1. The second-order valence-corrected chi connectivity index (χ2v) is 8.65. The number of hydrogen-bond donors (Lipinski definition) is 2. The largest absolute Gasteiger partial charge is 0.497 e. The lowest BCUT2D eigenvalue weighted by atomic mass is 9.98. The van der Waals surface area contributed by atoms with Crippen LogP contribution in [0.3, 0.4) is 0 Å². The third-order valence-electron chi connectivity index (χ3n) is 5.10. The van der Waals surface area contributed by atoms with Crippen molar-refractivity contribution in [2.24, 2.45) is 0 Å². The van der Waals surface area contributed by atoms with Gasteiger partial charge in [0.25, 0.3) is 5.91 Å². The smallest absolute Gasteiger partial charge is 0.341 e. The van der Waals surface area contributed by atoms with Gasteiger partial charge in [-0.15, -0.1) is 11.3 Å². The number of rotatable bonds is 8. The monoisotopic (exact) mass is 466 g/mol. The molecule has 0 radical (unpaired) electrons. The number of carbonyl (C=O) groups is 3. The first-order chi connectivity index (χ1) is 15.8. The Morgan fingerprint density at radius 1 is 0.970 bits per heavy atom. The van der Waals surface area contributed by atoms with Crippen molar-refractivity contribution in [2.45, 2.75) is 26.8 Å². The van der Waals surface area contributed by atoms with Crippen molar-refractivity contribution in [1.29, 1.82) is 0 Å². The van der Waals surface area contributed by atoms with Crippen molar-refractivity contribution in [2.75, 3.05) is 19.0 Å². The average Bonchev–Trinajstić information content (AvgIpc) is 3.08. The maximum atomic E-state index is 12.7. The van der Waals surface area contributed by atoms with Crippen LogP contribution >= 0.6 is 11.3 Å². The highest BCUT2D eigenvalue weighted by Gasteiger charge is 2.23. The molecule has 0 saturated heterocycles. The van der Waals surface area contributed by atoms with Gasteiger partial charge in [0, 0.05) is 11.8 Å². The number of carbonyl (C=O) groups excluding carboxylic acids is 3. The summed E-state index contributed by atoms with van der Waals surface area (Å²) < 4.78 is 10.5. The van der Waals surface area contributed by atoms with Gasteiger partial charge in [0.15, 0.2) is 6.61 Å². The van der Waals surface area contributed by atoms with Crippen LogP contribution in [-0.2, 0) is 14.3 Å². The number of amides is 2. The van der Waals surface area contributed by atoms with Crippen molar-refractivity contribution in [3.8, 4) is 5.75 Å².